The van der Waals surface area contributed by atoms with Crippen LogP contribution < -0.4 is 19.7 Å². The number of urea groups is 1. The minimum Gasteiger partial charge on any atom is -0.490 e. The Balaban J connectivity index is 1.40. The van der Waals surface area contributed by atoms with Gasteiger partial charge in [-0.2, -0.15) is 0 Å². The van der Waals surface area contributed by atoms with Crippen molar-refractivity contribution in [3.63, 3.8) is 0 Å². The number of imide groups is 1. The van der Waals surface area contributed by atoms with Gasteiger partial charge in [-0.25, -0.2) is 9.69 Å². The normalized spacial score (nSPS) is 14.4. The smallest absolute Gasteiger partial charge is 0.333 e. The van der Waals surface area contributed by atoms with E-state index in [0.717, 1.165) is 19.4 Å². The molecule has 1 saturated heterocycles. The molecular weight excluding hydrogens is 603 g/mol. The second-order valence-electron chi connectivity index (χ2n) is 8.34. The van der Waals surface area contributed by atoms with Gasteiger partial charge in [0.05, 0.1) is 15.9 Å². The largest absolute Gasteiger partial charge is 0.490 e. The van der Waals surface area contributed by atoms with E-state index < -0.39 is 11.9 Å². The minimum atomic E-state index is -0.534. The standard InChI is InChI=1S/C29H22ClIN2O4/c1-2-36-26-15-19(14-25-28(34)33(29(35)32-25)23-9-5-8-22(30)16-23)13-24(31)27(26)37-17-18-10-11-20-6-3-4-7-21(20)12-18/h3-16H,2,17H2,1H3,(H,32,35)/b25-14+. The van der Waals surface area contributed by atoms with E-state index in [0.29, 0.717) is 41.0 Å². The summed E-state index contributed by atoms with van der Waals surface area (Å²) in [4.78, 5) is 26.6. The first kappa shape index (κ1) is 25.1. The number of rotatable bonds is 7. The average molecular weight is 625 g/mol. The molecule has 0 spiro atoms. The van der Waals surface area contributed by atoms with Crippen LogP contribution in [0, 0.1) is 3.57 Å². The predicted molar refractivity (Wildman–Crippen MR) is 154 cm³/mol. The molecule has 0 atom stereocenters. The molecule has 5 rings (SSSR count). The van der Waals surface area contributed by atoms with E-state index in [9.17, 15) is 9.59 Å². The summed E-state index contributed by atoms with van der Waals surface area (Å²) in [6.07, 6.45) is 1.63. The van der Waals surface area contributed by atoms with Crippen LogP contribution in [0.25, 0.3) is 16.8 Å². The molecule has 1 N–H and O–H groups in total. The van der Waals surface area contributed by atoms with Crippen LogP contribution in [-0.2, 0) is 11.4 Å². The lowest BCUT2D eigenvalue weighted by Crippen LogP contribution is -2.30. The third kappa shape index (κ3) is 5.42. The van der Waals surface area contributed by atoms with Crippen LogP contribution in [0.2, 0.25) is 5.02 Å². The summed E-state index contributed by atoms with van der Waals surface area (Å²) >= 11 is 8.23. The number of fused-ring (bicyclic) bond motifs is 1. The minimum absolute atomic E-state index is 0.160. The first-order chi connectivity index (χ1) is 17.9. The van der Waals surface area contributed by atoms with E-state index in [1.54, 1.807) is 36.4 Å². The van der Waals surface area contributed by atoms with Gasteiger partial charge in [-0.1, -0.05) is 54.1 Å². The van der Waals surface area contributed by atoms with Gasteiger partial charge in [0.2, 0.25) is 0 Å². The highest BCUT2D eigenvalue weighted by Gasteiger charge is 2.35. The van der Waals surface area contributed by atoms with Crippen molar-refractivity contribution in [1.29, 1.82) is 0 Å². The second kappa shape index (κ2) is 10.8. The van der Waals surface area contributed by atoms with E-state index in [1.807, 2.05) is 31.2 Å². The lowest BCUT2D eigenvalue weighted by Gasteiger charge is -2.15. The van der Waals surface area contributed by atoms with Crippen molar-refractivity contribution in [2.45, 2.75) is 13.5 Å². The highest BCUT2D eigenvalue weighted by Crippen LogP contribution is 2.36. The summed E-state index contributed by atoms with van der Waals surface area (Å²) < 4.78 is 12.9. The van der Waals surface area contributed by atoms with Gasteiger partial charge in [0.15, 0.2) is 11.5 Å². The predicted octanol–water partition coefficient (Wildman–Crippen LogP) is 7.17. The topological polar surface area (TPSA) is 67.9 Å². The zero-order valence-corrected chi connectivity index (χ0v) is 22.7. The van der Waals surface area contributed by atoms with Crippen LogP contribution in [0.4, 0.5) is 10.5 Å². The van der Waals surface area contributed by atoms with Gasteiger partial charge in [-0.05, 0) is 93.9 Å². The first-order valence-corrected chi connectivity index (χ1v) is 13.1. The van der Waals surface area contributed by atoms with Crippen LogP contribution in [0.15, 0.2) is 84.6 Å². The molecule has 3 amide bonds. The lowest BCUT2D eigenvalue weighted by atomic mass is 10.1. The van der Waals surface area contributed by atoms with Crippen molar-refractivity contribution in [3.05, 3.63) is 104 Å². The zero-order chi connectivity index (χ0) is 25.9. The Morgan fingerprint density at radius 1 is 0.946 bits per heavy atom. The number of anilines is 1. The van der Waals surface area contributed by atoms with Crippen molar-refractivity contribution in [2.75, 3.05) is 11.5 Å². The third-order valence-electron chi connectivity index (χ3n) is 5.78. The van der Waals surface area contributed by atoms with E-state index in [1.165, 1.54) is 5.39 Å². The van der Waals surface area contributed by atoms with Crippen molar-refractivity contribution >= 4 is 68.7 Å². The fourth-order valence-electron chi connectivity index (χ4n) is 4.11. The number of nitrogens with zero attached hydrogens (tertiary/aromatic N) is 1. The average Bonchev–Trinajstić information content (AvgIpc) is 3.16. The molecule has 0 aliphatic carbocycles. The number of carbonyl (C=O) groups is 2. The summed E-state index contributed by atoms with van der Waals surface area (Å²) in [6.45, 7) is 2.72. The summed E-state index contributed by atoms with van der Waals surface area (Å²) in [7, 11) is 0. The Bertz CT molecular complexity index is 1550. The molecule has 6 nitrogen and oxygen atoms in total. The number of amides is 3. The molecule has 37 heavy (non-hydrogen) atoms. The van der Waals surface area contributed by atoms with E-state index >= 15 is 0 Å². The maximum atomic E-state index is 13.0. The molecule has 0 unspecified atom stereocenters. The fourth-order valence-corrected chi connectivity index (χ4v) is 5.08. The number of nitrogens with one attached hydrogen (secondary N) is 1. The Morgan fingerprint density at radius 2 is 1.76 bits per heavy atom. The Labute approximate surface area is 233 Å². The summed E-state index contributed by atoms with van der Waals surface area (Å²) in [6, 6.07) is 24.2. The highest BCUT2D eigenvalue weighted by atomic mass is 127. The van der Waals surface area contributed by atoms with Crippen molar-refractivity contribution in [3.8, 4) is 11.5 Å². The van der Waals surface area contributed by atoms with Crippen LogP contribution in [0.1, 0.15) is 18.1 Å². The van der Waals surface area contributed by atoms with Crippen molar-refractivity contribution < 1.29 is 19.1 Å². The van der Waals surface area contributed by atoms with Gasteiger partial charge >= 0.3 is 6.03 Å². The van der Waals surface area contributed by atoms with Crippen LogP contribution in [0.3, 0.4) is 0 Å². The fraction of sp³-hybridized carbons (Fsp3) is 0.103. The van der Waals surface area contributed by atoms with Crippen LogP contribution >= 0.6 is 34.2 Å². The van der Waals surface area contributed by atoms with Gasteiger partial charge in [0, 0.05) is 5.02 Å². The first-order valence-electron chi connectivity index (χ1n) is 11.6. The molecule has 0 bridgehead atoms. The Kier molecular flexibility index (Phi) is 7.34. The molecule has 1 heterocycles. The number of ether oxygens (including phenoxy) is 2. The maximum absolute atomic E-state index is 13.0. The van der Waals surface area contributed by atoms with Crippen molar-refractivity contribution in [2.24, 2.45) is 0 Å². The Morgan fingerprint density at radius 3 is 2.54 bits per heavy atom. The number of carbonyl (C=O) groups excluding carboxylic acids is 2. The summed E-state index contributed by atoms with van der Waals surface area (Å²) in [5.74, 6) is 0.725. The maximum Gasteiger partial charge on any atom is 0.333 e. The molecule has 0 radical (unpaired) electrons. The van der Waals surface area contributed by atoms with Gasteiger partial charge < -0.3 is 14.8 Å². The van der Waals surface area contributed by atoms with E-state index in [4.69, 9.17) is 21.1 Å². The van der Waals surface area contributed by atoms with Crippen LogP contribution in [0.5, 0.6) is 11.5 Å². The molecule has 8 heteroatoms. The number of benzene rings is 4. The summed E-state index contributed by atoms with van der Waals surface area (Å²) in [5.41, 5.74) is 2.31. The van der Waals surface area contributed by atoms with Crippen LogP contribution in [-0.4, -0.2) is 18.5 Å². The molecule has 0 saturated carbocycles. The van der Waals surface area contributed by atoms with E-state index in [-0.39, 0.29) is 5.70 Å². The van der Waals surface area contributed by atoms with Gasteiger partial charge in [-0.3, -0.25) is 4.79 Å². The monoisotopic (exact) mass is 624 g/mol. The molecule has 4 aromatic rings. The number of hydrogen-bond acceptors (Lipinski definition) is 4. The van der Waals surface area contributed by atoms with E-state index in [2.05, 4.69) is 52.2 Å². The summed E-state index contributed by atoms with van der Waals surface area (Å²) in [5, 5.41) is 5.41. The molecule has 1 aliphatic rings. The molecular formula is C29H22ClIN2O4. The van der Waals surface area contributed by atoms with Gasteiger partial charge in [0.1, 0.15) is 12.3 Å². The SMILES string of the molecule is CCOc1cc(/C=C2/NC(=O)N(c3cccc(Cl)c3)C2=O)cc(I)c1OCc1ccc2ccccc2c1. The molecule has 186 valence electrons. The Hall–Kier alpha value is -3.56. The molecule has 1 fully saturated rings. The number of hydrogen-bond donors (Lipinski definition) is 1. The number of halogens is 2. The highest BCUT2D eigenvalue weighted by molar-refractivity contribution is 14.1. The quantitative estimate of drug-likeness (QED) is 0.135. The second-order valence-corrected chi connectivity index (χ2v) is 9.94. The molecule has 0 aromatic heterocycles. The lowest BCUT2D eigenvalue weighted by molar-refractivity contribution is -0.113. The van der Waals surface area contributed by atoms with Gasteiger partial charge in [0.25, 0.3) is 5.91 Å². The molecule has 1 aliphatic heterocycles. The third-order valence-corrected chi connectivity index (χ3v) is 6.82. The zero-order valence-electron chi connectivity index (χ0n) is 19.8. The molecule has 4 aromatic carbocycles. The van der Waals surface area contributed by atoms with Crippen molar-refractivity contribution in [1.82, 2.24) is 5.32 Å². The van der Waals surface area contributed by atoms with Gasteiger partial charge in [-0.15, -0.1) is 0 Å².